The standard InChI is InChI=1S/C27H20Br2O2/c1-30-25-13-11-17(15-23(25)28)27(18-12-14-26(31-2)24(29)16-18)21-9-5-3-7-19(21)20-8-4-6-10-22(20)27/h3-16H,1-2H3. The SMILES string of the molecule is COc1ccc(C2(c3ccc(OC)c(Br)c3)c3ccccc3-c3ccccc32)cc1Br. The Labute approximate surface area is 199 Å². The number of hydrogen-bond acceptors (Lipinski definition) is 2. The summed E-state index contributed by atoms with van der Waals surface area (Å²) in [5, 5.41) is 0. The van der Waals surface area contributed by atoms with E-state index in [0.29, 0.717) is 0 Å². The van der Waals surface area contributed by atoms with Crippen LogP contribution in [0.3, 0.4) is 0 Å². The molecule has 0 radical (unpaired) electrons. The van der Waals surface area contributed by atoms with Gasteiger partial charge in [0.25, 0.3) is 0 Å². The van der Waals surface area contributed by atoms with Crippen molar-refractivity contribution in [3.8, 4) is 22.6 Å². The van der Waals surface area contributed by atoms with Crippen molar-refractivity contribution >= 4 is 31.9 Å². The minimum absolute atomic E-state index is 0.462. The monoisotopic (exact) mass is 534 g/mol. The van der Waals surface area contributed by atoms with Gasteiger partial charge in [-0.2, -0.15) is 0 Å². The van der Waals surface area contributed by atoms with Crippen molar-refractivity contribution in [3.63, 3.8) is 0 Å². The van der Waals surface area contributed by atoms with E-state index in [0.717, 1.165) is 20.4 Å². The number of ether oxygens (including phenoxy) is 2. The minimum atomic E-state index is -0.462. The van der Waals surface area contributed by atoms with Gasteiger partial charge >= 0.3 is 0 Å². The van der Waals surface area contributed by atoms with Gasteiger partial charge in [0.2, 0.25) is 0 Å². The van der Waals surface area contributed by atoms with Gasteiger partial charge in [-0.1, -0.05) is 60.7 Å². The van der Waals surface area contributed by atoms with Gasteiger partial charge < -0.3 is 9.47 Å². The molecule has 0 heterocycles. The molecule has 31 heavy (non-hydrogen) atoms. The Balaban J connectivity index is 1.92. The molecule has 0 spiro atoms. The molecule has 0 bridgehead atoms. The molecule has 0 atom stereocenters. The van der Waals surface area contributed by atoms with Crippen molar-refractivity contribution in [3.05, 3.63) is 116 Å². The van der Waals surface area contributed by atoms with E-state index in [4.69, 9.17) is 9.47 Å². The van der Waals surface area contributed by atoms with Crippen molar-refractivity contribution in [2.75, 3.05) is 14.2 Å². The third-order valence-corrected chi connectivity index (χ3v) is 7.36. The second-order valence-corrected chi connectivity index (χ2v) is 9.25. The second kappa shape index (κ2) is 7.85. The van der Waals surface area contributed by atoms with E-state index < -0.39 is 5.41 Å². The summed E-state index contributed by atoms with van der Waals surface area (Å²) in [5.41, 5.74) is 6.95. The molecule has 1 aliphatic carbocycles. The average Bonchev–Trinajstić information content (AvgIpc) is 3.10. The number of fused-ring (bicyclic) bond motifs is 3. The van der Waals surface area contributed by atoms with Gasteiger partial charge in [-0.15, -0.1) is 0 Å². The Morgan fingerprint density at radius 1 is 0.581 bits per heavy atom. The summed E-state index contributed by atoms with van der Waals surface area (Å²) >= 11 is 7.43. The fraction of sp³-hybridized carbons (Fsp3) is 0.111. The Kier molecular flexibility index (Phi) is 5.15. The van der Waals surface area contributed by atoms with Crippen LogP contribution in [0.2, 0.25) is 0 Å². The Hall–Kier alpha value is -2.56. The lowest BCUT2D eigenvalue weighted by Crippen LogP contribution is -2.28. The Morgan fingerprint density at radius 2 is 1.00 bits per heavy atom. The van der Waals surface area contributed by atoms with Crippen LogP contribution >= 0.6 is 31.9 Å². The van der Waals surface area contributed by atoms with Gasteiger partial charge in [0, 0.05) is 0 Å². The second-order valence-electron chi connectivity index (χ2n) is 7.54. The summed E-state index contributed by atoms with van der Waals surface area (Å²) in [6.45, 7) is 0. The van der Waals surface area contributed by atoms with Crippen LogP contribution in [0.5, 0.6) is 11.5 Å². The highest BCUT2D eigenvalue weighted by atomic mass is 79.9. The summed E-state index contributed by atoms with van der Waals surface area (Å²) in [5.74, 6) is 1.63. The van der Waals surface area contributed by atoms with Crippen LogP contribution in [-0.4, -0.2) is 14.2 Å². The molecule has 0 saturated heterocycles. The van der Waals surface area contributed by atoms with Crippen LogP contribution in [-0.2, 0) is 5.41 Å². The zero-order chi connectivity index (χ0) is 21.6. The van der Waals surface area contributed by atoms with E-state index in [-0.39, 0.29) is 0 Å². The predicted molar refractivity (Wildman–Crippen MR) is 132 cm³/mol. The molecule has 0 aromatic heterocycles. The lowest BCUT2D eigenvalue weighted by atomic mass is 9.67. The largest absolute Gasteiger partial charge is 0.496 e. The Bertz CT molecular complexity index is 1200. The highest BCUT2D eigenvalue weighted by Crippen LogP contribution is 2.57. The molecule has 1 aliphatic rings. The third kappa shape index (κ3) is 2.96. The smallest absolute Gasteiger partial charge is 0.133 e. The topological polar surface area (TPSA) is 18.5 Å². The molecule has 4 aromatic carbocycles. The van der Waals surface area contributed by atoms with Crippen LogP contribution in [0.4, 0.5) is 0 Å². The minimum Gasteiger partial charge on any atom is -0.496 e. The molecule has 4 aromatic rings. The van der Waals surface area contributed by atoms with Gasteiger partial charge in [0.1, 0.15) is 11.5 Å². The third-order valence-electron chi connectivity index (χ3n) is 6.12. The van der Waals surface area contributed by atoms with Crippen molar-refractivity contribution in [2.24, 2.45) is 0 Å². The number of rotatable bonds is 4. The predicted octanol–water partition coefficient (Wildman–Crippen LogP) is 7.59. The zero-order valence-electron chi connectivity index (χ0n) is 17.2. The maximum atomic E-state index is 5.52. The van der Waals surface area contributed by atoms with Crippen molar-refractivity contribution in [2.45, 2.75) is 5.41 Å². The van der Waals surface area contributed by atoms with E-state index in [1.165, 1.54) is 33.4 Å². The van der Waals surface area contributed by atoms with E-state index in [1.807, 2.05) is 12.1 Å². The molecule has 0 fully saturated rings. The van der Waals surface area contributed by atoms with Crippen LogP contribution in [0, 0.1) is 0 Å². The first-order valence-electron chi connectivity index (χ1n) is 9.98. The molecule has 0 saturated carbocycles. The van der Waals surface area contributed by atoms with Gasteiger partial charge in [0.15, 0.2) is 0 Å². The number of benzene rings is 4. The molecule has 0 unspecified atom stereocenters. The molecule has 154 valence electrons. The van der Waals surface area contributed by atoms with Gasteiger partial charge in [0.05, 0.1) is 28.6 Å². The van der Waals surface area contributed by atoms with Crippen LogP contribution in [0.25, 0.3) is 11.1 Å². The molecular formula is C27H20Br2O2. The zero-order valence-corrected chi connectivity index (χ0v) is 20.3. The van der Waals surface area contributed by atoms with Crippen molar-refractivity contribution in [1.29, 1.82) is 0 Å². The maximum Gasteiger partial charge on any atom is 0.133 e. The normalized spacial score (nSPS) is 13.4. The molecule has 0 N–H and O–H groups in total. The Morgan fingerprint density at radius 3 is 1.39 bits per heavy atom. The first-order chi connectivity index (χ1) is 15.1. The molecule has 5 rings (SSSR count). The maximum absolute atomic E-state index is 5.52. The lowest BCUT2D eigenvalue weighted by molar-refractivity contribution is 0.411. The summed E-state index contributed by atoms with van der Waals surface area (Å²) in [6, 6.07) is 30.1. The highest BCUT2D eigenvalue weighted by Gasteiger charge is 2.46. The molecular weight excluding hydrogens is 516 g/mol. The van der Waals surface area contributed by atoms with Gasteiger partial charge in [-0.25, -0.2) is 0 Å². The fourth-order valence-corrected chi connectivity index (χ4v) is 5.90. The molecule has 2 nitrogen and oxygen atoms in total. The molecule has 0 amide bonds. The van der Waals surface area contributed by atoms with Gasteiger partial charge in [-0.3, -0.25) is 0 Å². The van der Waals surface area contributed by atoms with E-state index in [1.54, 1.807) is 14.2 Å². The van der Waals surface area contributed by atoms with E-state index >= 15 is 0 Å². The van der Waals surface area contributed by atoms with Crippen LogP contribution in [0.1, 0.15) is 22.3 Å². The molecule has 4 heteroatoms. The van der Waals surface area contributed by atoms with E-state index in [9.17, 15) is 0 Å². The van der Waals surface area contributed by atoms with Crippen molar-refractivity contribution in [1.82, 2.24) is 0 Å². The highest BCUT2D eigenvalue weighted by molar-refractivity contribution is 9.10. The lowest BCUT2D eigenvalue weighted by Gasteiger charge is -2.34. The van der Waals surface area contributed by atoms with E-state index in [2.05, 4.69) is 105 Å². The summed E-state index contributed by atoms with van der Waals surface area (Å²) in [6.07, 6.45) is 0. The average molecular weight is 536 g/mol. The summed E-state index contributed by atoms with van der Waals surface area (Å²) in [4.78, 5) is 0. The van der Waals surface area contributed by atoms with Gasteiger partial charge in [-0.05, 0) is 89.5 Å². The quantitative estimate of drug-likeness (QED) is 0.236. The molecule has 0 aliphatic heterocycles. The van der Waals surface area contributed by atoms with Crippen molar-refractivity contribution < 1.29 is 9.47 Å². The number of methoxy groups -OCH3 is 2. The summed E-state index contributed by atoms with van der Waals surface area (Å²) in [7, 11) is 3.38. The van der Waals surface area contributed by atoms with Crippen LogP contribution in [0.15, 0.2) is 93.9 Å². The number of halogens is 2. The summed E-state index contributed by atoms with van der Waals surface area (Å²) < 4.78 is 12.9. The fourth-order valence-electron chi connectivity index (χ4n) is 4.82. The first-order valence-corrected chi connectivity index (χ1v) is 11.6. The first kappa shape index (κ1) is 20.3. The number of hydrogen-bond donors (Lipinski definition) is 0. The van der Waals surface area contributed by atoms with Crippen LogP contribution < -0.4 is 9.47 Å².